The lowest BCUT2D eigenvalue weighted by Gasteiger charge is -2.18. The van der Waals surface area contributed by atoms with Crippen LogP contribution in [-0.4, -0.2) is 25.0 Å². The summed E-state index contributed by atoms with van der Waals surface area (Å²) in [6, 6.07) is 11.9. The molecule has 0 aromatic heterocycles. The summed E-state index contributed by atoms with van der Waals surface area (Å²) in [4.78, 5) is 13.8. The third-order valence-electron chi connectivity index (χ3n) is 3.36. The maximum absolute atomic E-state index is 13.6. The van der Waals surface area contributed by atoms with Crippen LogP contribution in [-0.2, 0) is 17.8 Å². The molecule has 0 aliphatic carbocycles. The van der Waals surface area contributed by atoms with Crippen molar-refractivity contribution in [3.8, 4) is 5.75 Å². The first-order chi connectivity index (χ1) is 10.5. The summed E-state index contributed by atoms with van der Waals surface area (Å²) in [6.45, 7) is 0.414. The number of benzene rings is 2. The van der Waals surface area contributed by atoms with Crippen molar-refractivity contribution in [2.24, 2.45) is 0 Å². The van der Waals surface area contributed by atoms with Crippen LogP contribution in [0.15, 0.2) is 42.5 Å². The maximum atomic E-state index is 13.6. The fraction of sp³-hybridized carbons (Fsp3) is 0.235. The zero-order valence-electron chi connectivity index (χ0n) is 12.5. The molecule has 0 N–H and O–H groups in total. The van der Waals surface area contributed by atoms with Gasteiger partial charge in [0.1, 0.15) is 0 Å². The fourth-order valence-corrected chi connectivity index (χ4v) is 2.30. The third kappa shape index (κ3) is 3.98. The van der Waals surface area contributed by atoms with E-state index in [1.807, 2.05) is 18.2 Å². The van der Waals surface area contributed by atoms with Crippen LogP contribution in [0.2, 0.25) is 5.02 Å². The molecular formula is C17H17ClFNO2. The number of hydrogen-bond acceptors (Lipinski definition) is 2. The Labute approximate surface area is 134 Å². The van der Waals surface area contributed by atoms with Gasteiger partial charge in [0.05, 0.1) is 13.5 Å². The Morgan fingerprint density at radius 3 is 2.64 bits per heavy atom. The van der Waals surface area contributed by atoms with Gasteiger partial charge in [-0.25, -0.2) is 4.39 Å². The van der Waals surface area contributed by atoms with E-state index in [1.165, 1.54) is 19.2 Å². The summed E-state index contributed by atoms with van der Waals surface area (Å²) in [5.41, 5.74) is 1.48. The lowest BCUT2D eigenvalue weighted by atomic mass is 10.1. The van der Waals surface area contributed by atoms with Gasteiger partial charge < -0.3 is 9.64 Å². The van der Waals surface area contributed by atoms with Crippen LogP contribution < -0.4 is 4.74 Å². The summed E-state index contributed by atoms with van der Waals surface area (Å²) < 4.78 is 18.5. The maximum Gasteiger partial charge on any atom is 0.227 e. The monoisotopic (exact) mass is 321 g/mol. The van der Waals surface area contributed by atoms with Gasteiger partial charge in [0.15, 0.2) is 11.6 Å². The van der Waals surface area contributed by atoms with Crippen molar-refractivity contribution in [3.63, 3.8) is 0 Å². The van der Waals surface area contributed by atoms with E-state index < -0.39 is 5.82 Å². The van der Waals surface area contributed by atoms with Gasteiger partial charge in [-0.05, 0) is 29.3 Å². The molecule has 2 aromatic rings. The second kappa shape index (κ2) is 7.27. The zero-order valence-corrected chi connectivity index (χ0v) is 13.2. The Morgan fingerprint density at radius 2 is 2.00 bits per heavy atom. The normalized spacial score (nSPS) is 10.4. The van der Waals surface area contributed by atoms with E-state index in [9.17, 15) is 9.18 Å². The molecule has 22 heavy (non-hydrogen) atoms. The first-order valence-electron chi connectivity index (χ1n) is 6.81. The topological polar surface area (TPSA) is 29.5 Å². The third-order valence-corrected chi connectivity index (χ3v) is 3.73. The molecule has 5 heteroatoms. The van der Waals surface area contributed by atoms with Crippen molar-refractivity contribution in [2.45, 2.75) is 13.0 Å². The molecule has 0 heterocycles. The van der Waals surface area contributed by atoms with Crippen molar-refractivity contribution in [1.29, 1.82) is 0 Å². The molecule has 0 aliphatic heterocycles. The Morgan fingerprint density at radius 1 is 1.27 bits per heavy atom. The molecular weight excluding hydrogens is 305 g/mol. The predicted molar refractivity (Wildman–Crippen MR) is 84.6 cm³/mol. The number of halogens is 2. The lowest BCUT2D eigenvalue weighted by Crippen LogP contribution is -2.27. The fourth-order valence-electron chi connectivity index (χ4n) is 2.10. The smallest absolute Gasteiger partial charge is 0.227 e. The van der Waals surface area contributed by atoms with Crippen molar-refractivity contribution in [3.05, 3.63) is 64.4 Å². The minimum atomic E-state index is -0.471. The van der Waals surface area contributed by atoms with Gasteiger partial charge in [0.25, 0.3) is 0 Å². The summed E-state index contributed by atoms with van der Waals surface area (Å²) in [5.74, 6) is -0.410. The molecule has 0 unspecified atom stereocenters. The summed E-state index contributed by atoms with van der Waals surface area (Å²) in [6.07, 6.45) is 0.127. The van der Waals surface area contributed by atoms with Gasteiger partial charge in [-0.15, -0.1) is 0 Å². The van der Waals surface area contributed by atoms with E-state index in [2.05, 4.69) is 0 Å². The van der Waals surface area contributed by atoms with Crippen LogP contribution in [0.3, 0.4) is 0 Å². The molecule has 0 fully saturated rings. The summed E-state index contributed by atoms with van der Waals surface area (Å²) >= 11 is 6.09. The number of carbonyl (C=O) groups is 1. The number of amides is 1. The number of methoxy groups -OCH3 is 1. The highest BCUT2D eigenvalue weighted by Crippen LogP contribution is 2.19. The van der Waals surface area contributed by atoms with Gasteiger partial charge in [-0.1, -0.05) is 35.9 Å². The molecule has 0 radical (unpaired) electrons. The van der Waals surface area contributed by atoms with Crippen LogP contribution in [0.4, 0.5) is 4.39 Å². The van der Waals surface area contributed by atoms with Gasteiger partial charge >= 0.3 is 0 Å². The van der Waals surface area contributed by atoms with E-state index >= 15 is 0 Å². The largest absolute Gasteiger partial charge is 0.494 e. The van der Waals surface area contributed by atoms with E-state index in [0.717, 1.165) is 5.56 Å². The van der Waals surface area contributed by atoms with Crippen LogP contribution in [0.25, 0.3) is 0 Å². The van der Waals surface area contributed by atoms with Crippen LogP contribution >= 0.6 is 11.6 Å². The Hall–Kier alpha value is -2.07. The number of carbonyl (C=O) groups excluding carboxylic acids is 1. The Balaban J connectivity index is 2.02. The minimum absolute atomic E-state index is 0.107. The zero-order chi connectivity index (χ0) is 16.1. The molecule has 1 amide bonds. The molecule has 0 saturated carbocycles. The predicted octanol–water partition coefficient (Wildman–Crippen LogP) is 3.69. The minimum Gasteiger partial charge on any atom is -0.494 e. The molecule has 0 spiro atoms. The van der Waals surface area contributed by atoms with Gasteiger partial charge in [0, 0.05) is 18.6 Å². The quantitative estimate of drug-likeness (QED) is 0.840. The van der Waals surface area contributed by atoms with Crippen LogP contribution in [0.5, 0.6) is 5.75 Å². The molecule has 116 valence electrons. The molecule has 0 atom stereocenters. The molecule has 2 rings (SSSR count). The number of ether oxygens (including phenoxy) is 1. The second-order valence-corrected chi connectivity index (χ2v) is 5.39. The first-order valence-corrected chi connectivity index (χ1v) is 7.19. The molecule has 0 aliphatic rings. The van der Waals surface area contributed by atoms with Crippen molar-refractivity contribution in [2.75, 3.05) is 14.2 Å². The second-order valence-electron chi connectivity index (χ2n) is 4.99. The molecule has 3 nitrogen and oxygen atoms in total. The van der Waals surface area contributed by atoms with E-state index in [0.29, 0.717) is 17.1 Å². The van der Waals surface area contributed by atoms with Crippen molar-refractivity contribution in [1.82, 2.24) is 4.90 Å². The number of nitrogens with zero attached hydrogens (tertiary/aromatic N) is 1. The van der Waals surface area contributed by atoms with Crippen LogP contribution in [0, 0.1) is 5.82 Å². The van der Waals surface area contributed by atoms with Gasteiger partial charge in [-0.2, -0.15) is 0 Å². The van der Waals surface area contributed by atoms with E-state index in [-0.39, 0.29) is 18.1 Å². The standard InChI is InChI=1S/C17H17ClFNO2/c1-20(11-13-5-3-4-6-14(13)18)17(21)10-12-7-8-16(22-2)15(19)9-12/h3-9H,10-11H2,1-2H3. The Kier molecular flexibility index (Phi) is 5.39. The van der Waals surface area contributed by atoms with Gasteiger partial charge in [0.2, 0.25) is 5.91 Å². The van der Waals surface area contributed by atoms with Crippen molar-refractivity contribution >= 4 is 17.5 Å². The summed E-state index contributed by atoms with van der Waals surface area (Å²) in [7, 11) is 3.10. The highest BCUT2D eigenvalue weighted by Gasteiger charge is 2.13. The summed E-state index contributed by atoms with van der Waals surface area (Å²) in [5, 5.41) is 0.623. The highest BCUT2D eigenvalue weighted by molar-refractivity contribution is 6.31. The number of likely N-dealkylation sites (N-methyl/N-ethyl adjacent to an activating group) is 1. The van der Waals surface area contributed by atoms with E-state index in [4.69, 9.17) is 16.3 Å². The van der Waals surface area contributed by atoms with Crippen LogP contribution in [0.1, 0.15) is 11.1 Å². The Bertz CT molecular complexity index is 675. The number of rotatable bonds is 5. The highest BCUT2D eigenvalue weighted by atomic mass is 35.5. The van der Waals surface area contributed by atoms with Crippen molar-refractivity contribution < 1.29 is 13.9 Å². The molecule has 0 bridgehead atoms. The lowest BCUT2D eigenvalue weighted by molar-refractivity contribution is -0.129. The molecule has 0 saturated heterocycles. The average molecular weight is 322 g/mol. The number of hydrogen-bond donors (Lipinski definition) is 0. The first kappa shape index (κ1) is 16.3. The SMILES string of the molecule is COc1ccc(CC(=O)N(C)Cc2ccccc2Cl)cc1F. The molecule has 2 aromatic carbocycles. The van der Waals surface area contributed by atoms with E-state index in [1.54, 1.807) is 24.1 Å². The average Bonchev–Trinajstić information content (AvgIpc) is 2.49. The van der Waals surface area contributed by atoms with Gasteiger partial charge in [-0.3, -0.25) is 4.79 Å².